The molecule has 0 atom stereocenters. The highest BCUT2D eigenvalue weighted by atomic mass is 35.5. The van der Waals surface area contributed by atoms with Crippen LogP contribution in [-0.2, 0) is 6.67 Å². The van der Waals surface area contributed by atoms with Crippen molar-refractivity contribution in [3.63, 3.8) is 0 Å². The van der Waals surface area contributed by atoms with E-state index in [1.807, 2.05) is 12.1 Å². The molecule has 4 nitrogen and oxygen atoms in total. The van der Waals surface area contributed by atoms with E-state index in [-0.39, 0.29) is 12.2 Å². The maximum atomic E-state index is 11.3. The molecule has 2 N–H and O–H groups in total. The summed E-state index contributed by atoms with van der Waals surface area (Å²) in [6.45, 7) is 0.0697. The van der Waals surface area contributed by atoms with E-state index in [1.165, 1.54) is 10.7 Å². The van der Waals surface area contributed by atoms with Crippen molar-refractivity contribution in [2.75, 3.05) is 0 Å². The van der Waals surface area contributed by atoms with Crippen LogP contribution in [0.25, 0.3) is 11.3 Å². The molecule has 0 amide bonds. The molecule has 2 aromatic rings. The number of nitrogens with zero attached hydrogens (tertiary/aromatic N) is 2. The summed E-state index contributed by atoms with van der Waals surface area (Å²) in [7, 11) is 0. The number of nitrogens with two attached hydrogens (primary N) is 1. The summed E-state index contributed by atoms with van der Waals surface area (Å²) in [5.74, 6) is 0. The molecule has 82 valence electrons. The minimum atomic E-state index is -0.208. The number of aromatic nitrogens is 2. The Labute approximate surface area is 97.3 Å². The van der Waals surface area contributed by atoms with Gasteiger partial charge in [-0.15, -0.1) is 0 Å². The molecule has 1 aromatic carbocycles. The lowest BCUT2D eigenvalue weighted by Crippen LogP contribution is -2.25. The van der Waals surface area contributed by atoms with Crippen LogP contribution in [0.15, 0.2) is 41.2 Å². The first kappa shape index (κ1) is 10.9. The minimum absolute atomic E-state index is 0.0697. The van der Waals surface area contributed by atoms with Crippen molar-refractivity contribution in [2.24, 2.45) is 5.73 Å². The molecule has 2 rings (SSSR count). The van der Waals surface area contributed by atoms with Crippen LogP contribution >= 0.6 is 11.6 Å². The standard InChI is InChI=1S/C11H10ClN3O/c12-9-3-1-8(2-4-9)10-5-6-11(16)15(7-13)14-10/h1-6H,7,13H2. The number of rotatable bonds is 2. The molecule has 0 radical (unpaired) electrons. The number of halogens is 1. The SMILES string of the molecule is NCn1nc(-c2ccc(Cl)cc2)ccc1=O. The Morgan fingerprint density at radius 3 is 2.50 bits per heavy atom. The predicted molar refractivity (Wildman–Crippen MR) is 63.1 cm³/mol. The highest BCUT2D eigenvalue weighted by molar-refractivity contribution is 6.30. The topological polar surface area (TPSA) is 60.9 Å². The van der Waals surface area contributed by atoms with Gasteiger partial charge in [-0.25, -0.2) is 4.68 Å². The van der Waals surface area contributed by atoms with E-state index in [1.54, 1.807) is 18.2 Å². The van der Waals surface area contributed by atoms with Crippen molar-refractivity contribution >= 4 is 11.6 Å². The maximum absolute atomic E-state index is 11.3. The highest BCUT2D eigenvalue weighted by Crippen LogP contribution is 2.18. The molecule has 0 fully saturated rings. The lowest BCUT2D eigenvalue weighted by Gasteiger charge is -2.04. The zero-order chi connectivity index (χ0) is 11.5. The van der Waals surface area contributed by atoms with E-state index in [2.05, 4.69) is 5.10 Å². The first-order chi connectivity index (χ1) is 7.70. The molecule has 0 aliphatic rings. The fourth-order valence-electron chi connectivity index (χ4n) is 1.35. The second-order valence-corrected chi connectivity index (χ2v) is 3.68. The molecule has 0 unspecified atom stereocenters. The van der Waals surface area contributed by atoms with Crippen molar-refractivity contribution in [3.05, 3.63) is 51.8 Å². The van der Waals surface area contributed by atoms with Crippen LogP contribution in [0.1, 0.15) is 0 Å². The molecule has 16 heavy (non-hydrogen) atoms. The van der Waals surface area contributed by atoms with Gasteiger partial charge in [0, 0.05) is 16.7 Å². The molecule has 0 aliphatic heterocycles. The normalized spacial score (nSPS) is 10.4. The molecule has 1 heterocycles. The summed E-state index contributed by atoms with van der Waals surface area (Å²) in [6, 6.07) is 10.3. The Morgan fingerprint density at radius 1 is 1.19 bits per heavy atom. The average Bonchev–Trinajstić information content (AvgIpc) is 2.31. The van der Waals surface area contributed by atoms with Crippen molar-refractivity contribution < 1.29 is 0 Å². The molecule has 0 aliphatic carbocycles. The van der Waals surface area contributed by atoms with Crippen LogP contribution in [0.3, 0.4) is 0 Å². The second-order valence-electron chi connectivity index (χ2n) is 3.25. The maximum Gasteiger partial charge on any atom is 0.267 e. The van der Waals surface area contributed by atoms with Crippen molar-refractivity contribution in [2.45, 2.75) is 6.67 Å². The Morgan fingerprint density at radius 2 is 1.88 bits per heavy atom. The molecule has 0 saturated carbocycles. The Balaban J connectivity index is 2.48. The van der Waals surface area contributed by atoms with E-state index in [9.17, 15) is 4.79 Å². The molecule has 0 spiro atoms. The Hall–Kier alpha value is -1.65. The van der Waals surface area contributed by atoms with Gasteiger partial charge in [0.25, 0.3) is 5.56 Å². The summed E-state index contributed by atoms with van der Waals surface area (Å²) in [6.07, 6.45) is 0. The monoisotopic (exact) mass is 235 g/mol. The van der Waals surface area contributed by atoms with Crippen LogP contribution < -0.4 is 11.3 Å². The largest absolute Gasteiger partial charge is 0.312 e. The zero-order valence-electron chi connectivity index (χ0n) is 8.43. The summed E-state index contributed by atoms with van der Waals surface area (Å²) < 4.78 is 1.21. The van der Waals surface area contributed by atoms with Gasteiger partial charge in [0.15, 0.2) is 0 Å². The molecule has 1 aromatic heterocycles. The zero-order valence-corrected chi connectivity index (χ0v) is 9.19. The molecule has 0 bridgehead atoms. The van der Waals surface area contributed by atoms with Crippen molar-refractivity contribution in [1.29, 1.82) is 0 Å². The lowest BCUT2D eigenvalue weighted by atomic mass is 10.1. The fourth-order valence-corrected chi connectivity index (χ4v) is 1.48. The van der Waals surface area contributed by atoms with Crippen molar-refractivity contribution in [3.8, 4) is 11.3 Å². The van der Waals surface area contributed by atoms with Gasteiger partial charge >= 0.3 is 0 Å². The van der Waals surface area contributed by atoms with Crippen LogP contribution in [0.2, 0.25) is 5.02 Å². The predicted octanol–water partition coefficient (Wildman–Crippen LogP) is 1.48. The molecular formula is C11H10ClN3O. The van der Waals surface area contributed by atoms with Gasteiger partial charge in [-0.3, -0.25) is 4.79 Å². The third kappa shape index (κ3) is 2.13. The lowest BCUT2D eigenvalue weighted by molar-refractivity contribution is 0.600. The third-order valence-electron chi connectivity index (χ3n) is 2.18. The van der Waals surface area contributed by atoms with Gasteiger partial charge in [0.2, 0.25) is 0 Å². The molecule has 5 heteroatoms. The van der Waals surface area contributed by atoms with Gasteiger partial charge in [-0.2, -0.15) is 5.10 Å². The van der Waals surface area contributed by atoms with Crippen molar-refractivity contribution in [1.82, 2.24) is 9.78 Å². The van der Waals surface area contributed by atoms with Gasteiger partial charge < -0.3 is 5.73 Å². The molecular weight excluding hydrogens is 226 g/mol. The fraction of sp³-hybridized carbons (Fsp3) is 0.0909. The van der Waals surface area contributed by atoms with E-state index in [4.69, 9.17) is 17.3 Å². The van der Waals surface area contributed by atoms with Crippen LogP contribution in [-0.4, -0.2) is 9.78 Å². The number of hydrogen-bond acceptors (Lipinski definition) is 3. The van der Waals surface area contributed by atoms with Gasteiger partial charge in [0.05, 0.1) is 12.4 Å². The van der Waals surface area contributed by atoms with E-state index in [0.29, 0.717) is 10.7 Å². The van der Waals surface area contributed by atoms with Gasteiger partial charge in [-0.1, -0.05) is 23.7 Å². The third-order valence-corrected chi connectivity index (χ3v) is 2.43. The van der Waals surface area contributed by atoms with E-state index in [0.717, 1.165) is 5.56 Å². The average molecular weight is 236 g/mol. The molecule has 0 saturated heterocycles. The quantitative estimate of drug-likeness (QED) is 0.858. The first-order valence-electron chi connectivity index (χ1n) is 4.75. The Kier molecular flexibility index (Phi) is 3.03. The first-order valence-corrected chi connectivity index (χ1v) is 5.12. The summed E-state index contributed by atoms with van der Waals surface area (Å²) in [4.78, 5) is 11.3. The highest BCUT2D eigenvalue weighted by Gasteiger charge is 2.01. The summed E-state index contributed by atoms with van der Waals surface area (Å²) >= 11 is 5.79. The second kappa shape index (κ2) is 4.47. The van der Waals surface area contributed by atoms with E-state index >= 15 is 0 Å². The van der Waals surface area contributed by atoms with E-state index < -0.39 is 0 Å². The summed E-state index contributed by atoms with van der Waals surface area (Å²) in [5, 5.41) is 4.79. The van der Waals surface area contributed by atoms with Crippen LogP contribution in [0, 0.1) is 0 Å². The van der Waals surface area contributed by atoms with Crippen LogP contribution in [0.4, 0.5) is 0 Å². The number of benzene rings is 1. The van der Waals surface area contributed by atoms with Crippen LogP contribution in [0.5, 0.6) is 0 Å². The van der Waals surface area contributed by atoms with Gasteiger partial charge in [-0.05, 0) is 18.2 Å². The number of hydrogen-bond donors (Lipinski definition) is 1. The minimum Gasteiger partial charge on any atom is -0.312 e. The Bertz CT molecular complexity index is 548. The van der Waals surface area contributed by atoms with Gasteiger partial charge in [0.1, 0.15) is 0 Å². The smallest absolute Gasteiger partial charge is 0.267 e. The summed E-state index contributed by atoms with van der Waals surface area (Å²) in [5.41, 5.74) is 6.78.